The van der Waals surface area contributed by atoms with Gasteiger partial charge < -0.3 is 0 Å². The predicted octanol–water partition coefficient (Wildman–Crippen LogP) is 5.97. The fraction of sp³-hybridized carbons (Fsp3) is 0.400. The van der Waals surface area contributed by atoms with Crippen molar-refractivity contribution in [1.82, 2.24) is 0 Å². The van der Waals surface area contributed by atoms with Gasteiger partial charge in [0.05, 0.1) is 0 Å². The highest BCUT2D eigenvalue weighted by atomic mass is 14.1. The van der Waals surface area contributed by atoms with Gasteiger partial charge >= 0.3 is 0 Å². The van der Waals surface area contributed by atoms with Gasteiger partial charge in [-0.15, -0.1) is 0 Å². The minimum absolute atomic E-state index is 0.625. The lowest BCUT2D eigenvalue weighted by molar-refractivity contribution is 0.812. The van der Waals surface area contributed by atoms with Gasteiger partial charge in [0.25, 0.3) is 0 Å². The zero-order valence-electron chi connectivity index (χ0n) is 13.0. The number of hydrogen-bond donors (Lipinski definition) is 0. The molecule has 0 saturated carbocycles. The molecule has 1 aliphatic rings. The molecule has 1 aliphatic carbocycles. The minimum Gasteiger partial charge on any atom is -0.0807 e. The minimum atomic E-state index is 0.625. The van der Waals surface area contributed by atoms with Crippen molar-refractivity contribution >= 4 is 0 Å². The van der Waals surface area contributed by atoms with Crippen LogP contribution in [0.3, 0.4) is 0 Å². The second-order valence-electron chi connectivity index (χ2n) is 5.99. The molecular formula is C20H26. The van der Waals surface area contributed by atoms with Crippen LogP contribution in [0.1, 0.15) is 57.1 Å². The second-order valence-corrected chi connectivity index (χ2v) is 5.99. The molecule has 0 bridgehead atoms. The van der Waals surface area contributed by atoms with Crippen LogP contribution in [0, 0.1) is 0 Å². The summed E-state index contributed by atoms with van der Waals surface area (Å²) >= 11 is 0. The first-order chi connectivity index (χ1) is 9.66. The molecule has 0 unspecified atom stereocenters. The summed E-state index contributed by atoms with van der Waals surface area (Å²) in [6.45, 7) is 6.72. The lowest BCUT2D eigenvalue weighted by atomic mass is 9.97. The van der Waals surface area contributed by atoms with Crippen molar-refractivity contribution < 1.29 is 0 Å². The third-order valence-electron chi connectivity index (χ3n) is 4.06. The largest absolute Gasteiger partial charge is 0.0807 e. The van der Waals surface area contributed by atoms with Gasteiger partial charge in [-0.05, 0) is 55.2 Å². The fourth-order valence-corrected chi connectivity index (χ4v) is 2.60. The molecule has 0 radical (unpaired) electrons. The van der Waals surface area contributed by atoms with Gasteiger partial charge in [0.1, 0.15) is 0 Å². The quantitative estimate of drug-likeness (QED) is 0.616. The Bertz CT molecular complexity index is 509. The molecule has 0 aromatic heterocycles. The third-order valence-corrected chi connectivity index (χ3v) is 4.06. The van der Waals surface area contributed by atoms with Crippen LogP contribution in [0.5, 0.6) is 0 Å². The molecule has 0 N–H and O–H groups in total. The van der Waals surface area contributed by atoms with Crippen LogP contribution in [0.15, 0.2) is 59.7 Å². The summed E-state index contributed by atoms with van der Waals surface area (Å²) in [7, 11) is 0. The summed E-state index contributed by atoms with van der Waals surface area (Å²) in [4.78, 5) is 0. The van der Waals surface area contributed by atoms with E-state index in [0.717, 1.165) is 6.42 Å². The van der Waals surface area contributed by atoms with E-state index >= 15 is 0 Å². The fourth-order valence-electron chi connectivity index (χ4n) is 2.60. The zero-order chi connectivity index (χ0) is 14.4. The standard InChI is InChI=1S/C20H26/c1-16(2)19-14-12-18(13-15-19)9-7-11-20-10-6-4-5-8-17(20)3/h4,6,8,10,12-16H,5,7,9,11H2,1-3H3. The van der Waals surface area contributed by atoms with Gasteiger partial charge in [0.2, 0.25) is 0 Å². The SMILES string of the molecule is CC1=CCC=CC=C1CCCc1ccc(C(C)C)cc1. The van der Waals surface area contributed by atoms with Crippen LogP contribution < -0.4 is 0 Å². The first kappa shape index (κ1) is 14.8. The van der Waals surface area contributed by atoms with E-state index in [0.29, 0.717) is 5.92 Å². The molecule has 106 valence electrons. The molecule has 0 nitrogen and oxygen atoms in total. The Hall–Kier alpha value is -1.56. The van der Waals surface area contributed by atoms with Crippen LogP contribution in [-0.4, -0.2) is 0 Å². The van der Waals surface area contributed by atoms with Crippen molar-refractivity contribution in [2.24, 2.45) is 0 Å². The summed E-state index contributed by atoms with van der Waals surface area (Å²) in [5.41, 5.74) is 5.84. The smallest absolute Gasteiger partial charge is 0.0160 e. The van der Waals surface area contributed by atoms with Gasteiger partial charge in [-0.3, -0.25) is 0 Å². The molecule has 0 atom stereocenters. The first-order valence-electron chi connectivity index (χ1n) is 7.78. The number of allylic oxidation sites excluding steroid dienone is 6. The van der Waals surface area contributed by atoms with E-state index in [4.69, 9.17) is 0 Å². The molecule has 0 spiro atoms. The summed E-state index contributed by atoms with van der Waals surface area (Å²) in [6, 6.07) is 9.14. The Labute approximate surface area is 123 Å². The third kappa shape index (κ3) is 4.23. The molecule has 1 aromatic carbocycles. The van der Waals surface area contributed by atoms with E-state index < -0.39 is 0 Å². The normalized spacial score (nSPS) is 15.0. The summed E-state index contributed by atoms with van der Waals surface area (Å²) in [5, 5.41) is 0. The molecule has 20 heavy (non-hydrogen) atoms. The number of hydrogen-bond acceptors (Lipinski definition) is 0. The van der Waals surface area contributed by atoms with Crippen molar-refractivity contribution in [2.75, 3.05) is 0 Å². The maximum Gasteiger partial charge on any atom is -0.0160 e. The Morgan fingerprint density at radius 3 is 2.50 bits per heavy atom. The number of benzene rings is 1. The van der Waals surface area contributed by atoms with E-state index in [1.807, 2.05) is 0 Å². The van der Waals surface area contributed by atoms with Gasteiger partial charge in [-0.25, -0.2) is 0 Å². The maximum atomic E-state index is 2.33. The second kappa shape index (κ2) is 7.28. The molecule has 0 heterocycles. The average Bonchev–Trinajstić information content (AvgIpc) is 2.65. The maximum absolute atomic E-state index is 2.33. The lowest BCUT2D eigenvalue weighted by Gasteiger charge is -2.09. The number of aryl methyl sites for hydroxylation is 1. The lowest BCUT2D eigenvalue weighted by Crippen LogP contribution is -1.92. The van der Waals surface area contributed by atoms with E-state index in [9.17, 15) is 0 Å². The Kier molecular flexibility index (Phi) is 5.40. The topological polar surface area (TPSA) is 0 Å². The van der Waals surface area contributed by atoms with Crippen LogP contribution in [0.25, 0.3) is 0 Å². The van der Waals surface area contributed by atoms with Gasteiger partial charge in [0.15, 0.2) is 0 Å². The molecule has 0 fully saturated rings. The van der Waals surface area contributed by atoms with Gasteiger partial charge in [0, 0.05) is 0 Å². The molecule has 1 aromatic rings. The Morgan fingerprint density at radius 1 is 1.05 bits per heavy atom. The molecule has 0 amide bonds. The van der Waals surface area contributed by atoms with E-state index in [1.165, 1.54) is 41.5 Å². The Morgan fingerprint density at radius 2 is 1.80 bits per heavy atom. The number of rotatable bonds is 5. The Balaban J connectivity index is 1.86. The van der Waals surface area contributed by atoms with Gasteiger partial charge in [-0.2, -0.15) is 0 Å². The van der Waals surface area contributed by atoms with Crippen molar-refractivity contribution in [3.63, 3.8) is 0 Å². The monoisotopic (exact) mass is 266 g/mol. The highest BCUT2D eigenvalue weighted by Gasteiger charge is 2.03. The van der Waals surface area contributed by atoms with E-state index in [-0.39, 0.29) is 0 Å². The van der Waals surface area contributed by atoms with Crippen LogP contribution in [-0.2, 0) is 6.42 Å². The van der Waals surface area contributed by atoms with E-state index in [1.54, 1.807) is 0 Å². The molecular weight excluding hydrogens is 240 g/mol. The van der Waals surface area contributed by atoms with Gasteiger partial charge in [-0.1, -0.05) is 68.0 Å². The highest BCUT2D eigenvalue weighted by molar-refractivity contribution is 5.35. The summed E-state index contributed by atoms with van der Waals surface area (Å²) < 4.78 is 0. The average molecular weight is 266 g/mol. The molecule has 0 heteroatoms. The van der Waals surface area contributed by atoms with Crippen LogP contribution in [0.4, 0.5) is 0 Å². The molecule has 0 saturated heterocycles. The molecule has 0 aliphatic heterocycles. The summed E-state index contributed by atoms with van der Waals surface area (Å²) in [5.74, 6) is 0.625. The highest BCUT2D eigenvalue weighted by Crippen LogP contribution is 2.21. The van der Waals surface area contributed by atoms with Crippen LogP contribution in [0.2, 0.25) is 0 Å². The molecule has 2 rings (SSSR count). The van der Waals surface area contributed by atoms with Crippen molar-refractivity contribution in [3.05, 3.63) is 70.8 Å². The zero-order valence-corrected chi connectivity index (χ0v) is 13.0. The summed E-state index contributed by atoms with van der Waals surface area (Å²) in [6.07, 6.45) is 13.7. The van der Waals surface area contributed by atoms with Crippen molar-refractivity contribution in [1.29, 1.82) is 0 Å². The van der Waals surface area contributed by atoms with Crippen molar-refractivity contribution in [2.45, 2.75) is 52.4 Å². The van der Waals surface area contributed by atoms with Crippen LogP contribution >= 0.6 is 0 Å². The van der Waals surface area contributed by atoms with E-state index in [2.05, 4.69) is 69.3 Å². The van der Waals surface area contributed by atoms with Crippen molar-refractivity contribution in [3.8, 4) is 0 Å². The predicted molar refractivity (Wildman–Crippen MR) is 89.1 cm³/mol. The first-order valence-corrected chi connectivity index (χ1v) is 7.78.